The second kappa shape index (κ2) is 5.04. The van der Waals surface area contributed by atoms with Gasteiger partial charge in [-0.3, -0.25) is 4.79 Å². The second-order valence-electron chi connectivity index (χ2n) is 4.11. The molecule has 1 aromatic carbocycles. The van der Waals surface area contributed by atoms with Crippen LogP contribution in [-0.2, 0) is 4.79 Å². The lowest BCUT2D eigenvalue weighted by Crippen LogP contribution is -2.46. The highest BCUT2D eigenvalue weighted by Gasteiger charge is 2.30. The number of methoxy groups -OCH3 is 1. The summed E-state index contributed by atoms with van der Waals surface area (Å²) in [4.78, 5) is 13.6. The molecule has 3 nitrogen and oxygen atoms in total. The van der Waals surface area contributed by atoms with Gasteiger partial charge in [-0.15, -0.1) is 0 Å². The van der Waals surface area contributed by atoms with Crippen molar-refractivity contribution in [2.45, 2.75) is 19.8 Å². The molecule has 1 fully saturated rings. The molecule has 1 amide bonds. The number of hydrogen-bond donors (Lipinski definition) is 0. The number of carbonyl (C=O) groups excluding carboxylic acids is 1. The van der Waals surface area contributed by atoms with E-state index in [9.17, 15) is 4.79 Å². The van der Waals surface area contributed by atoms with E-state index in [1.54, 1.807) is 12.0 Å². The van der Waals surface area contributed by atoms with Crippen molar-refractivity contribution in [3.05, 3.63) is 35.9 Å². The number of β-lactam (4-membered cyclic amide) rings is 1. The summed E-state index contributed by atoms with van der Waals surface area (Å²) >= 11 is 0. The van der Waals surface area contributed by atoms with Crippen LogP contribution in [0.15, 0.2) is 35.9 Å². The molecule has 0 N–H and O–H groups in total. The average Bonchev–Trinajstić information content (AvgIpc) is 2.38. The summed E-state index contributed by atoms with van der Waals surface area (Å²) in [7, 11) is 1.63. The van der Waals surface area contributed by atoms with Crippen molar-refractivity contribution >= 4 is 11.6 Å². The van der Waals surface area contributed by atoms with Gasteiger partial charge >= 0.3 is 0 Å². The Morgan fingerprint density at radius 3 is 2.59 bits per heavy atom. The van der Waals surface area contributed by atoms with E-state index in [1.165, 1.54) is 0 Å². The maximum atomic E-state index is 11.8. The number of nitrogens with zero attached hydrogens (tertiary/aromatic N) is 1. The van der Waals surface area contributed by atoms with Gasteiger partial charge in [0.05, 0.1) is 13.7 Å². The Morgan fingerprint density at radius 2 is 2.06 bits per heavy atom. The summed E-state index contributed by atoms with van der Waals surface area (Å²) in [5.74, 6) is 0.937. The predicted molar refractivity (Wildman–Crippen MR) is 68.3 cm³/mol. The van der Waals surface area contributed by atoms with Gasteiger partial charge in [-0.2, -0.15) is 0 Å². The molecular formula is C14H17NO2. The topological polar surface area (TPSA) is 29.5 Å². The van der Waals surface area contributed by atoms with Gasteiger partial charge in [0.25, 0.3) is 5.91 Å². The zero-order valence-electron chi connectivity index (χ0n) is 10.3. The molecule has 0 unspecified atom stereocenters. The van der Waals surface area contributed by atoms with E-state index in [0.717, 1.165) is 36.4 Å². The van der Waals surface area contributed by atoms with Gasteiger partial charge in [-0.05, 0) is 30.7 Å². The van der Waals surface area contributed by atoms with Gasteiger partial charge < -0.3 is 9.64 Å². The summed E-state index contributed by atoms with van der Waals surface area (Å²) in [6, 6.07) is 7.56. The highest BCUT2D eigenvalue weighted by molar-refractivity contribution is 6.13. The Labute approximate surface area is 102 Å². The van der Waals surface area contributed by atoms with E-state index < -0.39 is 0 Å². The standard InChI is InChI=1S/C14H17NO2/c1-3-4-5-11-10-15(14(11)16)12-6-8-13(17-2)9-7-12/h5-9H,3-4,10H2,1-2H3/b11-5+. The van der Waals surface area contributed by atoms with E-state index in [0.29, 0.717) is 0 Å². The minimum atomic E-state index is 0.128. The van der Waals surface area contributed by atoms with Crippen molar-refractivity contribution < 1.29 is 9.53 Å². The largest absolute Gasteiger partial charge is 0.497 e. The number of ether oxygens (including phenoxy) is 1. The number of unbranched alkanes of at least 4 members (excludes halogenated alkanes) is 1. The Bertz CT molecular complexity index is 434. The van der Waals surface area contributed by atoms with Crippen molar-refractivity contribution in [1.82, 2.24) is 0 Å². The molecule has 0 aliphatic carbocycles. The summed E-state index contributed by atoms with van der Waals surface area (Å²) < 4.78 is 5.09. The molecule has 3 heteroatoms. The minimum absolute atomic E-state index is 0.128. The third-order valence-corrected chi connectivity index (χ3v) is 2.91. The first-order valence-corrected chi connectivity index (χ1v) is 5.91. The molecule has 0 saturated carbocycles. The van der Waals surface area contributed by atoms with Gasteiger partial charge in [0.15, 0.2) is 0 Å². The van der Waals surface area contributed by atoms with Crippen LogP contribution < -0.4 is 9.64 Å². The lowest BCUT2D eigenvalue weighted by atomic mass is 10.0. The molecule has 0 atom stereocenters. The van der Waals surface area contributed by atoms with Crippen LogP contribution in [0.5, 0.6) is 5.75 Å². The number of hydrogen-bond acceptors (Lipinski definition) is 2. The van der Waals surface area contributed by atoms with E-state index in [1.807, 2.05) is 30.3 Å². The summed E-state index contributed by atoms with van der Waals surface area (Å²) in [5.41, 5.74) is 1.87. The maximum absolute atomic E-state index is 11.8. The SMILES string of the molecule is CCC/C=C1\CN(c2ccc(OC)cc2)C1=O. The van der Waals surface area contributed by atoms with E-state index in [2.05, 4.69) is 6.92 Å². The molecule has 1 aliphatic heterocycles. The molecule has 1 aromatic rings. The first-order valence-electron chi connectivity index (χ1n) is 5.91. The van der Waals surface area contributed by atoms with Crippen molar-refractivity contribution in [3.63, 3.8) is 0 Å². The average molecular weight is 231 g/mol. The van der Waals surface area contributed by atoms with E-state index >= 15 is 0 Å². The maximum Gasteiger partial charge on any atom is 0.256 e. The highest BCUT2D eigenvalue weighted by Crippen LogP contribution is 2.27. The molecule has 0 bridgehead atoms. The fraction of sp³-hybridized carbons (Fsp3) is 0.357. The Balaban J connectivity index is 2.03. The lowest BCUT2D eigenvalue weighted by molar-refractivity contribution is -0.117. The fourth-order valence-corrected chi connectivity index (χ4v) is 1.83. The molecule has 2 rings (SSSR count). The summed E-state index contributed by atoms with van der Waals surface area (Å²) in [6.07, 6.45) is 4.11. The molecule has 1 heterocycles. The summed E-state index contributed by atoms with van der Waals surface area (Å²) in [6.45, 7) is 2.84. The Hall–Kier alpha value is -1.77. The van der Waals surface area contributed by atoms with Crippen molar-refractivity contribution in [2.75, 3.05) is 18.6 Å². The minimum Gasteiger partial charge on any atom is -0.497 e. The van der Waals surface area contributed by atoms with Gasteiger partial charge in [0, 0.05) is 11.3 Å². The van der Waals surface area contributed by atoms with E-state index in [-0.39, 0.29) is 5.91 Å². The molecule has 1 aliphatic rings. The molecule has 0 radical (unpaired) electrons. The van der Waals surface area contributed by atoms with Gasteiger partial charge in [-0.1, -0.05) is 19.4 Å². The first kappa shape index (κ1) is 11.7. The molecule has 0 aromatic heterocycles. The van der Waals surface area contributed by atoms with Crippen molar-refractivity contribution in [1.29, 1.82) is 0 Å². The molecule has 17 heavy (non-hydrogen) atoms. The van der Waals surface area contributed by atoms with E-state index in [4.69, 9.17) is 4.74 Å². The third kappa shape index (κ3) is 2.33. The van der Waals surface area contributed by atoms with Gasteiger partial charge in [0.1, 0.15) is 5.75 Å². The van der Waals surface area contributed by atoms with Gasteiger partial charge in [0.2, 0.25) is 0 Å². The van der Waals surface area contributed by atoms with Crippen LogP contribution in [-0.4, -0.2) is 19.6 Å². The number of rotatable bonds is 4. The number of amides is 1. The molecular weight excluding hydrogens is 214 g/mol. The number of carbonyl (C=O) groups is 1. The molecule has 90 valence electrons. The number of anilines is 1. The molecule has 0 spiro atoms. The number of benzene rings is 1. The summed E-state index contributed by atoms with van der Waals surface area (Å²) in [5, 5.41) is 0. The third-order valence-electron chi connectivity index (χ3n) is 2.91. The van der Waals surface area contributed by atoms with Crippen LogP contribution in [0.4, 0.5) is 5.69 Å². The van der Waals surface area contributed by atoms with Crippen LogP contribution in [0, 0.1) is 0 Å². The normalized spacial score (nSPS) is 17.2. The molecule has 1 saturated heterocycles. The smallest absolute Gasteiger partial charge is 0.256 e. The van der Waals surface area contributed by atoms with Crippen LogP contribution in [0.3, 0.4) is 0 Å². The zero-order valence-corrected chi connectivity index (χ0v) is 10.3. The van der Waals surface area contributed by atoms with Crippen LogP contribution >= 0.6 is 0 Å². The quantitative estimate of drug-likeness (QED) is 0.589. The van der Waals surface area contributed by atoms with Crippen LogP contribution in [0.2, 0.25) is 0 Å². The van der Waals surface area contributed by atoms with Crippen molar-refractivity contribution in [3.8, 4) is 5.75 Å². The Kier molecular flexibility index (Phi) is 3.47. The second-order valence-corrected chi connectivity index (χ2v) is 4.11. The predicted octanol–water partition coefficient (Wildman–Crippen LogP) is 2.77. The lowest BCUT2D eigenvalue weighted by Gasteiger charge is -2.33. The Morgan fingerprint density at radius 1 is 1.35 bits per heavy atom. The first-order chi connectivity index (χ1) is 8.26. The van der Waals surface area contributed by atoms with Gasteiger partial charge in [-0.25, -0.2) is 0 Å². The number of allylic oxidation sites excluding steroid dienone is 1. The van der Waals surface area contributed by atoms with Crippen LogP contribution in [0.1, 0.15) is 19.8 Å². The highest BCUT2D eigenvalue weighted by atomic mass is 16.5. The zero-order chi connectivity index (χ0) is 12.3. The van der Waals surface area contributed by atoms with Crippen molar-refractivity contribution in [2.24, 2.45) is 0 Å². The van der Waals surface area contributed by atoms with Crippen LogP contribution in [0.25, 0.3) is 0 Å². The monoisotopic (exact) mass is 231 g/mol. The fourth-order valence-electron chi connectivity index (χ4n) is 1.83.